The van der Waals surface area contributed by atoms with Crippen molar-refractivity contribution in [2.75, 3.05) is 9.80 Å². The first kappa shape index (κ1) is 35.3. The molecule has 8 aromatic carbocycles. The summed E-state index contributed by atoms with van der Waals surface area (Å²) >= 11 is 0. The molecule has 0 aromatic heterocycles. The average Bonchev–Trinajstić information content (AvgIpc) is 3.26. The first-order chi connectivity index (χ1) is 27.6. The normalized spacial score (nSPS) is 11.2. The number of hydrogen-bond acceptors (Lipinski definition) is 6. The molecule has 8 aromatic rings. The van der Waals surface area contributed by atoms with Crippen LogP contribution in [-0.4, -0.2) is 22.6 Å². The molecule has 2 N–H and O–H groups in total. The highest BCUT2D eigenvalue weighted by molar-refractivity contribution is 5.89. The smallest absolute Gasteiger partial charge is 0.124 e. The van der Waals surface area contributed by atoms with Crippen molar-refractivity contribution >= 4 is 46.6 Å². The van der Waals surface area contributed by atoms with Gasteiger partial charge in [-0.1, -0.05) is 109 Å². The van der Waals surface area contributed by atoms with Gasteiger partial charge in [-0.15, -0.1) is 0 Å². The Bertz CT molecular complexity index is 2310. The molecule has 0 aliphatic carbocycles. The van der Waals surface area contributed by atoms with Gasteiger partial charge in [-0.05, 0) is 119 Å². The van der Waals surface area contributed by atoms with E-state index in [2.05, 4.69) is 117 Å². The second-order valence-electron chi connectivity index (χ2n) is 13.1. The van der Waals surface area contributed by atoms with E-state index in [1.165, 1.54) is 12.4 Å². The van der Waals surface area contributed by atoms with Crippen LogP contribution in [0.1, 0.15) is 11.1 Å². The summed E-state index contributed by atoms with van der Waals surface area (Å²) in [6, 6.07) is 68.7. The van der Waals surface area contributed by atoms with Crippen molar-refractivity contribution in [3.63, 3.8) is 0 Å². The molecule has 0 heterocycles. The summed E-state index contributed by atoms with van der Waals surface area (Å²) in [5, 5.41) is 29.8. The Hall–Kier alpha value is -7.70. The Morgan fingerprint density at radius 2 is 0.571 bits per heavy atom. The van der Waals surface area contributed by atoms with Crippen LogP contribution in [0.3, 0.4) is 0 Å². The van der Waals surface area contributed by atoms with Gasteiger partial charge in [0.05, 0.1) is 12.4 Å². The second-order valence-corrected chi connectivity index (χ2v) is 13.1. The van der Waals surface area contributed by atoms with E-state index in [4.69, 9.17) is 0 Å². The maximum absolute atomic E-state index is 10.7. The zero-order valence-corrected chi connectivity index (χ0v) is 30.5. The molecule has 0 aliphatic rings. The number of phenols is 2. The van der Waals surface area contributed by atoms with Gasteiger partial charge in [0, 0.05) is 45.3 Å². The van der Waals surface area contributed by atoms with E-state index in [1.807, 2.05) is 97.1 Å². The molecule has 56 heavy (non-hydrogen) atoms. The lowest BCUT2D eigenvalue weighted by Gasteiger charge is -2.25. The van der Waals surface area contributed by atoms with Crippen LogP contribution in [0.5, 0.6) is 11.5 Å². The Balaban J connectivity index is 0.987. The first-order valence-electron chi connectivity index (χ1n) is 18.3. The number of aromatic hydroxyl groups is 2. The molecular formula is C50H38N4O2. The average molecular weight is 727 g/mol. The van der Waals surface area contributed by atoms with Gasteiger partial charge in [0.15, 0.2) is 0 Å². The lowest BCUT2D eigenvalue weighted by molar-refractivity contribution is 0.474. The largest absolute Gasteiger partial charge is 0.507 e. The standard InChI is InChI=1S/C50H38N4O2/c55-49-31-25-39(37-21-27-47(28-22-37)53(43-13-5-1-6-14-43)44-15-7-2-8-16-44)33-41(49)35-51-52-36-42-34-40(26-32-50(42)56)38-23-29-48(30-24-38)54(45-17-9-3-10-18-45)46-19-11-4-12-20-46/h1-36,55-56H/b51-35+,52-36+. The summed E-state index contributed by atoms with van der Waals surface area (Å²) in [5.41, 5.74) is 11.2. The molecule has 0 fully saturated rings. The van der Waals surface area contributed by atoms with Crippen molar-refractivity contribution in [1.82, 2.24) is 0 Å². The molecule has 0 saturated carbocycles. The summed E-state index contributed by atoms with van der Waals surface area (Å²) < 4.78 is 0. The van der Waals surface area contributed by atoms with Gasteiger partial charge in [0.1, 0.15) is 11.5 Å². The van der Waals surface area contributed by atoms with Gasteiger partial charge in [0.2, 0.25) is 0 Å². The third kappa shape index (κ3) is 7.95. The predicted molar refractivity (Wildman–Crippen MR) is 232 cm³/mol. The Morgan fingerprint density at radius 3 is 0.875 bits per heavy atom. The van der Waals surface area contributed by atoms with Crippen LogP contribution >= 0.6 is 0 Å². The van der Waals surface area contributed by atoms with E-state index < -0.39 is 0 Å². The van der Waals surface area contributed by atoms with Crippen LogP contribution in [0.4, 0.5) is 34.1 Å². The molecule has 0 amide bonds. The number of rotatable bonds is 11. The fourth-order valence-corrected chi connectivity index (χ4v) is 6.67. The fraction of sp³-hybridized carbons (Fsp3) is 0. The van der Waals surface area contributed by atoms with Gasteiger partial charge in [-0.2, -0.15) is 10.2 Å². The highest BCUT2D eigenvalue weighted by Crippen LogP contribution is 2.37. The van der Waals surface area contributed by atoms with Crippen LogP contribution in [-0.2, 0) is 0 Å². The fourth-order valence-electron chi connectivity index (χ4n) is 6.67. The number of anilines is 6. The minimum Gasteiger partial charge on any atom is -0.507 e. The molecular weight excluding hydrogens is 689 g/mol. The monoisotopic (exact) mass is 726 g/mol. The lowest BCUT2D eigenvalue weighted by atomic mass is 10.0. The Labute approximate surface area is 326 Å². The predicted octanol–water partition coefficient (Wildman–Crippen LogP) is 12.8. The molecule has 0 radical (unpaired) electrons. The topological polar surface area (TPSA) is 71.7 Å². The van der Waals surface area contributed by atoms with Crippen LogP contribution < -0.4 is 9.80 Å². The summed E-state index contributed by atoms with van der Waals surface area (Å²) in [5.74, 6) is 0.185. The Morgan fingerprint density at radius 1 is 0.304 bits per heavy atom. The lowest BCUT2D eigenvalue weighted by Crippen LogP contribution is -2.09. The van der Waals surface area contributed by atoms with E-state index in [9.17, 15) is 10.2 Å². The van der Waals surface area contributed by atoms with E-state index in [0.29, 0.717) is 11.1 Å². The summed E-state index contributed by atoms with van der Waals surface area (Å²) in [6.07, 6.45) is 3.03. The Kier molecular flexibility index (Phi) is 10.4. The zero-order valence-electron chi connectivity index (χ0n) is 30.5. The van der Waals surface area contributed by atoms with Gasteiger partial charge in [-0.3, -0.25) is 0 Å². The highest BCUT2D eigenvalue weighted by atomic mass is 16.3. The molecule has 0 bridgehead atoms. The molecule has 0 spiro atoms. The van der Waals surface area contributed by atoms with Crippen molar-refractivity contribution in [3.05, 3.63) is 217 Å². The van der Waals surface area contributed by atoms with Crippen LogP contribution in [0.15, 0.2) is 216 Å². The van der Waals surface area contributed by atoms with E-state index in [0.717, 1.165) is 56.4 Å². The molecule has 0 unspecified atom stereocenters. The van der Waals surface area contributed by atoms with E-state index >= 15 is 0 Å². The molecule has 0 atom stereocenters. The summed E-state index contributed by atoms with van der Waals surface area (Å²) in [6.45, 7) is 0. The zero-order chi connectivity index (χ0) is 38.1. The number of benzene rings is 8. The number of nitrogens with zero attached hydrogens (tertiary/aromatic N) is 4. The van der Waals surface area contributed by atoms with Crippen molar-refractivity contribution in [3.8, 4) is 33.8 Å². The van der Waals surface area contributed by atoms with Crippen LogP contribution in [0, 0.1) is 0 Å². The number of phenolic OH excluding ortho intramolecular Hbond substituents is 2. The molecule has 6 nitrogen and oxygen atoms in total. The number of hydrogen-bond donors (Lipinski definition) is 2. The van der Waals surface area contributed by atoms with Crippen molar-refractivity contribution < 1.29 is 10.2 Å². The van der Waals surface area contributed by atoms with Crippen molar-refractivity contribution in [2.24, 2.45) is 10.2 Å². The van der Waals surface area contributed by atoms with Crippen molar-refractivity contribution in [2.45, 2.75) is 0 Å². The van der Waals surface area contributed by atoms with E-state index in [1.54, 1.807) is 12.1 Å². The minimum absolute atomic E-state index is 0.0926. The third-order valence-electron chi connectivity index (χ3n) is 9.49. The van der Waals surface area contributed by atoms with Crippen LogP contribution in [0.2, 0.25) is 0 Å². The number of para-hydroxylation sites is 4. The van der Waals surface area contributed by atoms with Gasteiger partial charge >= 0.3 is 0 Å². The van der Waals surface area contributed by atoms with Gasteiger partial charge in [-0.25, -0.2) is 0 Å². The third-order valence-corrected chi connectivity index (χ3v) is 9.49. The van der Waals surface area contributed by atoms with Gasteiger partial charge < -0.3 is 20.0 Å². The highest BCUT2D eigenvalue weighted by Gasteiger charge is 2.14. The maximum Gasteiger partial charge on any atom is 0.124 e. The molecule has 0 aliphatic heterocycles. The van der Waals surface area contributed by atoms with Gasteiger partial charge in [0.25, 0.3) is 0 Å². The first-order valence-corrected chi connectivity index (χ1v) is 18.3. The van der Waals surface area contributed by atoms with Crippen LogP contribution in [0.25, 0.3) is 22.3 Å². The molecule has 8 rings (SSSR count). The molecule has 270 valence electrons. The SMILES string of the molecule is Oc1ccc(-c2ccc(N(c3ccccc3)c3ccccc3)cc2)cc1/C=N/N=C/c1cc(-c2ccc(N(c3ccccc3)c3ccccc3)cc2)ccc1O. The van der Waals surface area contributed by atoms with Crippen molar-refractivity contribution in [1.29, 1.82) is 0 Å². The summed E-state index contributed by atoms with van der Waals surface area (Å²) in [4.78, 5) is 4.43. The second kappa shape index (κ2) is 16.5. The maximum atomic E-state index is 10.7. The summed E-state index contributed by atoms with van der Waals surface area (Å²) in [7, 11) is 0. The molecule has 0 saturated heterocycles. The molecule has 6 heteroatoms. The quantitative estimate of drug-likeness (QED) is 0.103. The van der Waals surface area contributed by atoms with E-state index in [-0.39, 0.29) is 11.5 Å². The minimum atomic E-state index is 0.0926.